The molecule has 0 spiro atoms. The summed E-state index contributed by atoms with van der Waals surface area (Å²) >= 11 is 0. The van der Waals surface area contributed by atoms with E-state index in [9.17, 15) is 27.2 Å². The summed E-state index contributed by atoms with van der Waals surface area (Å²) in [5, 5.41) is 2.56. The third-order valence-electron chi connectivity index (χ3n) is 4.35. The largest absolute Gasteiger partial charge is 0.479 e. The van der Waals surface area contributed by atoms with Gasteiger partial charge in [-0.3, -0.25) is 9.59 Å². The van der Waals surface area contributed by atoms with Crippen molar-refractivity contribution in [1.29, 1.82) is 0 Å². The average molecular weight is 426 g/mol. The highest BCUT2D eigenvalue weighted by Gasteiger charge is 2.25. The lowest BCUT2D eigenvalue weighted by Gasteiger charge is -2.18. The Morgan fingerprint density at radius 3 is 2.33 bits per heavy atom. The van der Waals surface area contributed by atoms with Gasteiger partial charge in [-0.2, -0.15) is 8.78 Å². The van der Waals surface area contributed by atoms with Crippen molar-refractivity contribution in [3.8, 4) is 5.75 Å². The van der Waals surface area contributed by atoms with Gasteiger partial charge in [0.1, 0.15) is 6.61 Å². The van der Waals surface area contributed by atoms with Crippen molar-refractivity contribution in [2.75, 3.05) is 13.2 Å². The zero-order chi connectivity index (χ0) is 22.3. The predicted octanol–water partition coefficient (Wildman–Crippen LogP) is 3.43. The van der Waals surface area contributed by atoms with Gasteiger partial charge in [-0.15, -0.1) is 0 Å². The van der Waals surface area contributed by atoms with E-state index < -0.39 is 53.4 Å². The summed E-state index contributed by atoms with van der Waals surface area (Å²) in [5.74, 6) is -9.34. The molecule has 2 rings (SSSR count). The predicted molar refractivity (Wildman–Crippen MR) is 102 cm³/mol. The van der Waals surface area contributed by atoms with Crippen molar-refractivity contribution in [2.24, 2.45) is 5.73 Å². The molecule has 0 fully saturated rings. The normalized spacial score (nSPS) is 11.8. The molecule has 3 N–H and O–H groups in total. The van der Waals surface area contributed by atoms with Crippen LogP contribution in [0.5, 0.6) is 5.75 Å². The van der Waals surface area contributed by atoms with E-state index in [4.69, 9.17) is 10.5 Å². The van der Waals surface area contributed by atoms with E-state index in [0.29, 0.717) is 24.9 Å². The lowest BCUT2D eigenvalue weighted by molar-refractivity contribution is -0.123. The molecule has 0 aliphatic rings. The molecule has 1 amide bonds. The topological polar surface area (TPSA) is 81.4 Å². The maximum Gasteiger partial charge on any atom is 0.251 e. The minimum absolute atomic E-state index is 0.0387. The van der Waals surface area contributed by atoms with Gasteiger partial charge in [-0.25, -0.2) is 8.78 Å². The maximum atomic E-state index is 13.7. The number of nitrogens with two attached hydrogens (primary N) is 1. The van der Waals surface area contributed by atoms with Crippen LogP contribution in [-0.2, 0) is 4.79 Å². The number of benzene rings is 2. The van der Waals surface area contributed by atoms with Crippen molar-refractivity contribution in [3.05, 3.63) is 64.7 Å². The van der Waals surface area contributed by atoms with Gasteiger partial charge >= 0.3 is 0 Å². The number of carbonyl (C=O) groups excluding carboxylic acids is 2. The van der Waals surface area contributed by atoms with Gasteiger partial charge in [0.15, 0.2) is 23.2 Å². The van der Waals surface area contributed by atoms with E-state index in [1.165, 1.54) is 0 Å². The highest BCUT2D eigenvalue weighted by molar-refractivity contribution is 5.98. The summed E-state index contributed by atoms with van der Waals surface area (Å²) in [6, 6.07) is 5.69. The van der Waals surface area contributed by atoms with Crippen LogP contribution in [0.4, 0.5) is 17.6 Å². The van der Waals surface area contributed by atoms with E-state index >= 15 is 0 Å². The molecule has 2 aromatic rings. The highest BCUT2D eigenvalue weighted by Crippen LogP contribution is 2.26. The van der Waals surface area contributed by atoms with Gasteiger partial charge in [0.2, 0.25) is 11.6 Å². The Hall–Kier alpha value is -2.94. The first-order valence-corrected chi connectivity index (χ1v) is 9.30. The lowest BCUT2D eigenvalue weighted by Crippen LogP contribution is -2.43. The van der Waals surface area contributed by atoms with E-state index in [-0.39, 0.29) is 12.5 Å². The Balaban J connectivity index is 2.12. The summed E-state index contributed by atoms with van der Waals surface area (Å²) in [6.45, 7) is 1.29. The first-order chi connectivity index (χ1) is 14.2. The second kappa shape index (κ2) is 10.7. The van der Waals surface area contributed by atoms with Gasteiger partial charge < -0.3 is 15.8 Å². The number of ketones is 1. The molecule has 0 aliphatic heterocycles. The summed E-state index contributed by atoms with van der Waals surface area (Å²) in [4.78, 5) is 25.0. The van der Waals surface area contributed by atoms with Crippen molar-refractivity contribution in [3.63, 3.8) is 0 Å². The van der Waals surface area contributed by atoms with Crippen LogP contribution in [0.15, 0.2) is 30.3 Å². The molecule has 0 unspecified atom stereocenters. The summed E-state index contributed by atoms with van der Waals surface area (Å²) in [6.07, 6.45) is 1.29. The molecular formula is C21H22F4N2O3. The highest BCUT2D eigenvalue weighted by atomic mass is 19.2. The Labute approximate surface area is 171 Å². The summed E-state index contributed by atoms with van der Waals surface area (Å²) in [7, 11) is 0. The van der Waals surface area contributed by atoms with E-state index in [2.05, 4.69) is 5.32 Å². The van der Waals surface area contributed by atoms with Gasteiger partial charge in [-0.05, 0) is 44.9 Å². The number of unbranched alkanes of at least 4 members (excludes halogenated alkanes) is 1. The van der Waals surface area contributed by atoms with Crippen LogP contribution in [0.2, 0.25) is 0 Å². The minimum Gasteiger partial charge on any atom is -0.479 e. The number of ether oxygens (including phenoxy) is 1. The van der Waals surface area contributed by atoms with Gasteiger partial charge in [0.05, 0.1) is 6.04 Å². The molecule has 30 heavy (non-hydrogen) atoms. The Bertz CT molecular complexity index is 895. The van der Waals surface area contributed by atoms with Crippen LogP contribution >= 0.6 is 0 Å². The number of aryl methyl sites for hydroxylation is 1. The van der Waals surface area contributed by atoms with Crippen molar-refractivity contribution < 1.29 is 31.9 Å². The SMILES string of the molecule is Cc1cccc(C(=O)N[C@@H](CCCCN)C(=O)COc2c(F)c(F)cc(F)c2F)c1. The van der Waals surface area contributed by atoms with E-state index in [1.807, 2.05) is 0 Å². The van der Waals surface area contributed by atoms with Gasteiger partial charge in [0.25, 0.3) is 5.91 Å². The quantitative estimate of drug-likeness (QED) is 0.347. The van der Waals surface area contributed by atoms with Crippen LogP contribution in [0, 0.1) is 30.2 Å². The molecule has 1 atom stereocenters. The zero-order valence-electron chi connectivity index (χ0n) is 16.3. The van der Waals surface area contributed by atoms with Crippen LogP contribution in [0.3, 0.4) is 0 Å². The Morgan fingerprint density at radius 1 is 1.07 bits per heavy atom. The Morgan fingerprint density at radius 2 is 1.73 bits per heavy atom. The second-order valence-corrected chi connectivity index (χ2v) is 6.73. The van der Waals surface area contributed by atoms with Gasteiger partial charge in [0, 0.05) is 11.6 Å². The molecule has 5 nitrogen and oxygen atoms in total. The Kier molecular flexibility index (Phi) is 8.35. The number of Topliss-reactive ketones (excluding diaryl/α,β-unsaturated/α-hetero) is 1. The molecule has 0 radical (unpaired) electrons. The number of hydrogen-bond donors (Lipinski definition) is 2. The molecule has 162 valence electrons. The third kappa shape index (κ3) is 6.03. The molecule has 2 aromatic carbocycles. The molecular weight excluding hydrogens is 404 g/mol. The molecule has 0 heterocycles. The molecule has 0 saturated carbocycles. The number of nitrogens with one attached hydrogen (secondary N) is 1. The van der Waals surface area contributed by atoms with E-state index in [0.717, 1.165) is 5.56 Å². The number of hydrogen-bond acceptors (Lipinski definition) is 4. The number of carbonyl (C=O) groups is 2. The second-order valence-electron chi connectivity index (χ2n) is 6.73. The maximum absolute atomic E-state index is 13.7. The third-order valence-corrected chi connectivity index (χ3v) is 4.35. The minimum atomic E-state index is -1.75. The fourth-order valence-corrected chi connectivity index (χ4v) is 2.76. The average Bonchev–Trinajstić information content (AvgIpc) is 2.71. The van der Waals surface area contributed by atoms with Crippen LogP contribution < -0.4 is 15.8 Å². The monoisotopic (exact) mass is 426 g/mol. The number of rotatable bonds is 10. The number of amides is 1. The zero-order valence-corrected chi connectivity index (χ0v) is 16.3. The van der Waals surface area contributed by atoms with Crippen LogP contribution in [-0.4, -0.2) is 30.9 Å². The first kappa shape index (κ1) is 23.3. The number of halogens is 4. The van der Waals surface area contributed by atoms with Gasteiger partial charge in [-0.1, -0.05) is 17.7 Å². The molecule has 0 bridgehead atoms. The van der Waals surface area contributed by atoms with Crippen LogP contribution in [0.25, 0.3) is 0 Å². The molecule has 9 heteroatoms. The standard InChI is InChI=1S/C21H22F4N2O3/c1-12-5-4-6-13(9-12)21(29)27-16(7-2-3-8-26)17(28)11-30-20-18(24)14(22)10-15(23)19(20)25/h4-6,9-10,16H,2-3,7-8,11,26H2,1H3,(H,27,29)/t16-/m0/s1. The molecule has 0 aromatic heterocycles. The van der Waals surface area contributed by atoms with E-state index in [1.54, 1.807) is 31.2 Å². The fourth-order valence-electron chi connectivity index (χ4n) is 2.76. The van der Waals surface area contributed by atoms with Crippen molar-refractivity contribution in [1.82, 2.24) is 5.32 Å². The lowest BCUT2D eigenvalue weighted by atomic mass is 10.0. The van der Waals surface area contributed by atoms with Crippen LogP contribution in [0.1, 0.15) is 35.2 Å². The smallest absolute Gasteiger partial charge is 0.251 e. The molecule has 0 saturated heterocycles. The van der Waals surface area contributed by atoms with Crippen molar-refractivity contribution >= 4 is 11.7 Å². The summed E-state index contributed by atoms with van der Waals surface area (Å²) < 4.78 is 58.7. The van der Waals surface area contributed by atoms with Crippen molar-refractivity contribution in [2.45, 2.75) is 32.2 Å². The first-order valence-electron chi connectivity index (χ1n) is 9.30. The summed E-state index contributed by atoms with van der Waals surface area (Å²) in [5.41, 5.74) is 6.62. The fraction of sp³-hybridized carbons (Fsp3) is 0.333. The molecule has 0 aliphatic carbocycles.